The van der Waals surface area contributed by atoms with Gasteiger partial charge < -0.3 is 10.4 Å². The Bertz CT molecular complexity index is 553. The number of nitrogens with one attached hydrogen (secondary N) is 3. The summed E-state index contributed by atoms with van der Waals surface area (Å²) in [5, 5.41) is 10.9. The van der Waals surface area contributed by atoms with Crippen LogP contribution in [0, 0.1) is 0 Å². The van der Waals surface area contributed by atoms with Gasteiger partial charge in [-0.15, -0.1) is 0 Å². The summed E-state index contributed by atoms with van der Waals surface area (Å²) in [6.45, 7) is 1.82. The molecule has 0 radical (unpaired) electrons. The number of aromatic nitrogens is 1. The Kier molecular flexibility index (Phi) is 7.30. The van der Waals surface area contributed by atoms with Crippen LogP contribution in [0.5, 0.6) is 0 Å². The highest BCUT2D eigenvalue weighted by molar-refractivity contribution is 9.10. The first-order valence-corrected chi connectivity index (χ1v) is 7.43. The van der Waals surface area contributed by atoms with Crippen molar-refractivity contribution < 1.29 is 19.5 Å². The molecule has 22 heavy (non-hydrogen) atoms. The topological polar surface area (TPSA) is 120 Å². The highest BCUT2D eigenvalue weighted by Gasteiger charge is 2.13. The second-order valence-corrected chi connectivity index (χ2v) is 5.25. The van der Waals surface area contributed by atoms with E-state index in [1.807, 2.05) is 6.92 Å². The molecule has 0 aliphatic heterocycles. The third-order valence-electron chi connectivity index (χ3n) is 2.80. The van der Waals surface area contributed by atoms with Crippen LogP contribution in [0.1, 0.15) is 36.7 Å². The number of hydrazine groups is 1. The van der Waals surface area contributed by atoms with E-state index >= 15 is 0 Å². The third kappa shape index (κ3) is 6.53. The van der Waals surface area contributed by atoms with Crippen LogP contribution in [0.25, 0.3) is 0 Å². The quantitative estimate of drug-likeness (QED) is 0.444. The van der Waals surface area contributed by atoms with Gasteiger partial charge in [-0.2, -0.15) is 0 Å². The van der Waals surface area contributed by atoms with E-state index in [0.717, 1.165) is 0 Å². The Hall–Kier alpha value is -2.16. The van der Waals surface area contributed by atoms with Crippen molar-refractivity contribution in [3.05, 3.63) is 28.5 Å². The first-order valence-electron chi connectivity index (χ1n) is 6.63. The standard InChI is InChI=1S/C13H17BrN4O4/c1-2-8(15-13(21)22)6-7-11(19)17-18-12(20)9-4-3-5-10(14)16-9/h3-5,8,15H,2,6-7H2,1H3,(H,17,19)(H,18,20)(H,21,22). The zero-order valence-electron chi connectivity index (χ0n) is 11.9. The van der Waals surface area contributed by atoms with Crippen LogP contribution in [0.3, 0.4) is 0 Å². The van der Waals surface area contributed by atoms with Crippen LogP contribution in [0.2, 0.25) is 0 Å². The van der Waals surface area contributed by atoms with Gasteiger partial charge in [0.1, 0.15) is 10.3 Å². The van der Waals surface area contributed by atoms with E-state index in [1.54, 1.807) is 12.1 Å². The van der Waals surface area contributed by atoms with Gasteiger partial charge in [0.05, 0.1) is 0 Å². The fraction of sp³-hybridized carbons (Fsp3) is 0.385. The molecule has 1 unspecified atom stereocenters. The summed E-state index contributed by atoms with van der Waals surface area (Å²) in [6, 6.07) is 4.54. The second kappa shape index (κ2) is 8.98. The van der Waals surface area contributed by atoms with Crippen molar-refractivity contribution in [3.63, 3.8) is 0 Å². The molecule has 9 heteroatoms. The van der Waals surface area contributed by atoms with Crippen molar-refractivity contribution >= 4 is 33.8 Å². The Labute approximate surface area is 135 Å². The molecular weight excluding hydrogens is 356 g/mol. The number of hydrogen-bond donors (Lipinski definition) is 4. The van der Waals surface area contributed by atoms with E-state index in [9.17, 15) is 14.4 Å². The van der Waals surface area contributed by atoms with Crippen molar-refractivity contribution in [1.29, 1.82) is 0 Å². The molecule has 0 aliphatic rings. The molecule has 120 valence electrons. The van der Waals surface area contributed by atoms with E-state index in [1.165, 1.54) is 6.07 Å². The van der Waals surface area contributed by atoms with Crippen LogP contribution < -0.4 is 16.2 Å². The minimum atomic E-state index is -1.12. The SMILES string of the molecule is CCC(CCC(=O)NNC(=O)c1cccc(Br)n1)NC(=O)O. The predicted octanol–water partition coefficient (Wildman–Crippen LogP) is 1.43. The fourth-order valence-electron chi connectivity index (χ4n) is 1.65. The van der Waals surface area contributed by atoms with Crippen molar-refractivity contribution in [2.45, 2.75) is 32.2 Å². The molecule has 0 fully saturated rings. The Balaban J connectivity index is 2.36. The van der Waals surface area contributed by atoms with E-state index in [4.69, 9.17) is 5.11 Å². The Morgan fingerprint density at radius 2 is 2.05 bits per heavy atom. The van der Waals surface area contributed by atoms with Gasteiger partial charge in [0.2, 0.25) is 5.91 Å². The van der Waals surface area contributed by atoms with Gasteiger partial charge in [-0.1, -0.05) is 13.0 Å². The maximum absolute atomic E-state index is 11.7. The summed E-state index contributed by atoms with van der Waals surface area (Å²) in [7, 11) is 0. The van der Waals surface area contributed by atoms with Crippen LogP contribution >= 0.6 is 15.9 Å². The van der Waals surface area contributed by atoms with Gasteiger partial charge in [-0.25, -0.2) is 9.78 Å². The van der Waals surface area contributed by atoms with Gasteiger partial charge in [-0.3, -0.25) is 20.4 Å². The molecule has 0 spiro atoms. The van der Waals surface area contributed by atoms with Gasteiger partial charge in [0.25, 0.3) is 5.91 Å². The molecule has 0 bridgehead atoms. The molecule has 0 saturated carbocycles. The van der Waals surface area contributed by atoms with Gasteiger partial charge in [0.15, 0.2) is 0 Å². The maximum Gasteiger partial charge on any atom is 0.404 e. The summed E-state index contributed by atoms with van der Waals surface area (Å²) in [4.78, 5) is 37.8. The van der Waals surface area contributed by atoms with E-state index < -0.39 is 17.9 Å². The lowest BCUT2D eigenvalue weighted by atomic mass is 10.1. The zero-order valence-corrected chi connectivity index (χ0v) is 13.5. The number of rotatable bonds is 6. The molecule has 0 saturated heterocycles. The van der Waals surface area contributed by atoms with E-state index in [-0.39, 0.29) is 18.2 Å². The molecule has 1 rings (SSSR count). The third-order valence-corrected chi connectivity index (χ3v) is 3.25. The largest absolute Gasteiger partial charge is 0.465 e. The molecule has 1 atom stereocenters. The normalized spacial score (nSPS) is 11.4. The summed E-state index contributed by atoms with van der Waals surface area (Å²) in [5.41, 5.74) is 4.67. The lowest BCUT2D eigenvalue weighted by Gasteiger charge is -2.14. The van der Waals surface area contributed by atoms with E-state index in [2.05, 4.69) is 37.1 Å². The van der Waals surface area contributed by atoms with Crippen molar-refractivity contribution in [3.8, 4) is 0 Å². The molecule has 1 heterocycles. The smallest absolute Gasteiger partial charge is 0.404 e. The predicted molar refractivity (Wildman–Crippen MR) is 82.0 cm³/mol. The van der Waals surface area contributed by atoms with Crippen molar-refractivity contribution in [1.82, 2.24) is 21.2 Å². The summed E-state index contributed by atoms with van der Waals surface area (Å²) in [6.07, 6.45) is -0.111. The van der Waals surface area contributed by atoms with Crippen molar-refractivity contribution in [2.24, 2.45) is 0 Å². The molecule has 0 aliphatic carbocycles. The first kappa shape index (κ1) is 17.9. The van der Waals surface area contributed by atoms with Crippen LogP contribution in [-0.2, 0) is 4.79 Å². The molecule has 4 N–H and O–H groups in total. The van der Waals surface area contributed by atoms with Crippen LogP contribution in [-0.4, -0.2) is 34.0 Å². The first-order chi connectivity index (χ1) is 10.4. The molecular formula is C13H17BrN4O4. The number of halogens is 1. The maximum atomic E-state index is 11.7. The minimum Gasteiger partial charge on any atom is -0.465 e. The number of pyridine rings is 1. The van der Waals surface area contributed by atoms with Crippen LogP contribution in [0.15, 0.2) is 22.8 Å². The molecule has 8 nitrogen and oxygen atoms in total. The van der Waals surface area contributed by atoms with Gasteiger partial charge >= 0.3 is 6.09 Å². The lowest BCUT2D eigenvalue weighted by molar-refractivity contribution is -0.122. The lowest BCUT2D eigenvalue weighted by Crippen LogP contribution is -2.42. The fourth-order valence-corrected chi connectivity index (χ4v) is 1.99. The number of hydrogen-bond acceptors (Lipinski definition) is 4. The summed E-state index contributed by atoms with van der Waals surface area (Å²) in [5.74, 6) is -0.945. The Morgan fingerprint density at radius 1 is 1.32 bits per heavy atom. The number of carboxylic acid groups (broad SMARTS) is 1. The summed E-state index contributed by atoms with van der Waals surface area (Å²) >= 11 is 3.15. The number of nitrogens with zero attached hydrogens (tertiary/aromatic N) is 1. The molecule has 1 aromatic rings. The monoisotopic (exact) mass is 372 g/mol. The van der Waals surface area contributed by atoms with Crippen molar-refractivity contribution in [2.75, 3.05) is 0 Å². The highest BCUT2D eigenvalue weighted by atomic mass is 79.9. The Morgan fingerprint density at radius 3 is 2.64 bits per heavy atom. The number of carbonyl (C=O) groups is 3. The minimum absolute atomic E-state index is 0.0883. The molecule has 3 amide bonds. The van der Waals surface area contributed by atoms with Crippen LogP contribution in [0.4, 0.5) is 4.79 Å². The second-order valence-electron chi connectivity index (χ2n) is 4.44. The van der Waals surface area contributed by atoms with Gasteiger partial charge in [0, 0.05) is 12.5 Å². The molecule has 1 aromatic heterocycles. The molecule has 0 aromatic carbocycles. The average Bonchev–Trinajstić information content (AvgIpc) is 2.48. The summed E-state index contributed by atoms with van der Waals surface area (Å²) < 4.78 is 0.511. The van der Waals surface area contributed by atoms with Gasteiger partial charge in [-0.05, 0) is 40.9 Å². The highest BCUT2D eigenvalue weighted by Crippen LogP contribution is 2.06. The number of amides is 3. The zero-order chi connectivity index (χ0) is 16.5. The van der Waals surface area contributed by atoms with E-state index in [0.29, 0.717) is 17.4 Å². The number of carbonyl (C=O) groups excluding carboxylic acids is 2. The average molecular weight is 373 g/mol.